The standard InChI is InChI=1S/C18H16O6S/c1-11-6-7-12(18(20)23-2)10-17(11)25(21,22)24-16-5-3-4-13-14(16)8-9-15(13)19/h3-7,10H,8-9H2,1-2H3. The van der Waals surface area contributed by atoms with Gasteiger partial charge in [0.2, 0.25) is 0 Å². The third-order valence-corrected chi connectivity index (χ3v) is 5.49. The maximum atomic E-state index is 12.7. The number of hydrogen-bond acceptors (Lipinski definition) is 6. The average molecular weight is 360 g/mol. The molecule has 0 saturated carbocycles. The van der Waals surface area contributed by atoms with Gasteiger partial charge < -0.3 is 8.92 Å². The van der Waals surface area contributed by atoms with E-state index < -0.39 is 16.1 Å². The molecular weight excluding hydrogens is 344 g/mol. The van der Waals surface area contributed by atoms with E-state index in [9.17, 15) is 18.0 Å². The van der Waals surface area contributed by atoms with Gasteiger partial charge in [-0.25, -0.2) is 4.79 Å². The molecule has 3 rings (SSSR count). The van der Waals surface area contributed by atoms with Crippen LogP contribution in [-0.4, -0.2) is 27.3 Å². The zero-order chi connectivity index (χ0) is 18.2. The second kappa shape index (κ2) is 6.33. The lowest BCUT2D eigenvalue weighted by Crippen LogP contribution is -2.14. The Bertz CT molecular complexity index is 975. The summed E-state index contributed by atoms with van der Waals surface area (Å²) in [5, 5.41) is 0. The zero-order valence-electron chi connectivity index (χ0n) is 13.7. The van der Waals surface area contributed by atoms with Crippen molar-refractivity contribution in [2.24, 2.45) is 0 Å². The molecule has 0 N–H and O–H groups in total. The number of benzene rings is 2. The molecule has 0 saturated heterocycles. The highest BCUT2D eigenvalue weighted by Gasteiger charge is 2.27. The number of aryl methyl sites for hydroxylation is 1. The van der Waals surface area contributed by atoms with Crippen molar-refractivity contribution in [1.82, 2.24) is 0 Å². The van der Waals surface area contributed by atoms with Crippen LogP contribution in [0.4, 0.5) is 0 Å². The topological polar surface area (TPSA) is 86.7 Å². The maximum Gasteiger partial charge on any atom is 0.339 e. The quantitative estimate of drug-likeness (QED) is 0.615. The Morgan fingerprint density at radius 1 is 1.12 bits per heavy atom. The third kappa shape index (κ3) is 3.15. The van der Waals surface area contributed by atoms with Gasteiger partial charge in [-0.3, -0.25) is 4.79 Å². The number of esters is 1. The van der Waals surface area contributed by atoms with Gasteiger partial charge in [-0.15, -0.1) is 0 Å². The Hall–Kier alpha value is -2.67. The number of Topliss-reactive ketones (excluding diaryl/α,β-unsaturated/α-hetero) is 1. The SMILES string of the molecule is COC(=O)c1ccc(C)c(S(=O)(=O)Oc2cccc3c2CCC3=O)c1. The van der Waals surface area contributed by atoms with Crippen molar-refractivity contribution in [2.75, 3.05) is 7.11 Å². The van der Waals surface area contributed by atoms with Crippen molar-refractivity contribution in [1.29, 1.82) is 0 Å². The molecule has 0 bridgehead atoms. The Labute approximate surface area is 145 Å². The van der Waals surface area contributed by atoms with Gasteiger partial charge in [-0.1, -0.05) is 18.2 Å². The molecule has 0 atom stereocenters. The normalized spacial score (nSPS) is 13.4. The van der Waals surface area contributed by atoms with Crippen LogP contribution >= 0.6 is 0 Å². The lowest BCUT2D eigenvalue weighted by Gasteiger charge is -2.12. The monoisotopic (exact) mass is 360 g/mol. The summed E-state index contributed by atoms with van der Waals surface area (Å²) in [6.07, 6.45) is 0.785. The molecule has 0 spiro atoms. The first-order chi connectivity index (χ1) is 11.8. The molecule has 7 heteroatoms. The van der Waals surface area contributed by atoms with Gasteiger partial charge in [-0.05, 0) is 37.1 Å². The summed E-state index contributed by atoms with van der Waals surface area (Å²) in [6, 6.07) is 9.00. The van der Waals surface area contributed by atoms with Gasteiger partial charge in [0.1, 0.15) is 10.6 Å². The van der Waals surface area contributed by atoms with Gasteiger partial charge in [0.15, 0.2) is 5.78 Å². The highest BCUT2D eigenvalue weighted by molar-refractivity contribution is 7.87. The molecule has 0 unspecified atom stereocenters. The van der Waals surface area contributed by atoms with Crippen molar-refractivity contribution in [3.63, 3.8) is 0 Å². The number of hydrogen-bond donors (Lipinski definition) is 0. The first-order valence-electron chi connectivity index (χ1n) is 7.62. The number of fused-ring (bicyclic) bond motifs is 1. The fourth-order valence-electron chi connectivity index (χ4n) is 2.81. The highest BCUT2D eigenvalue weighted by Crippen LogP contribution is 2.32. The fraction of sp³-hybridized carbons (Fsp3) is 0.222. The second-order valence-electron chi connectivity index (χ2n) is 5.71. The summed E-state index contributed by atoms with van der Waals surface area (Å²) in [6.45, 7) is 1.61. The molecule has 0 heterocycles. The molecule has 25 heavy (non-hydrogen) atoms. The van der Waals surface area contributed by atoms with E-state index in [-0.39, 0.29) is 22.0 Å². The van der Waals surface area contributed by atoms with Crippen LogP contribution in [0.5, 0.6) is 5.75 Å². The maximum absolute atomic E-state index is 12.7. The van der Waals surface area contributed by atoms with E-state index >= 15 is 0 Å². The molecule has 1 aliphatic carbocycles. The Balaban J connectivity index is 2.02. The highest BCUT2D eigenvalue weighted by atomic mass is 32.2. The summed E-state index contributed by atoms with van der Waals surface area (Å²) in [7, 11) is -2.95. The van der Waals surface area contributed by atoms with E-state index in [0.29, 0.717) is 29.5 Å². The molecular formula is C18H16O6S. The van der Waals surface area contributed by atoms with Crippen molar-refractivity contribution >= 4 is 21.9 Å². The van der Waals surface area contributed by atoms with E-state index in [4.69, 9.17) is 4.18 Å². The first kappa shape index (κ1) is 17.2. The van der Waals surface area contributed by atoms with Crippen LogP contribution in [0.3, 0.4) is 0 Å². The summed E-state index contributed by atoms with van der Waals surface area (Å²) >= 11 is 0. The van der Waals surface area contributed by atoms with Crippen LogP contribution in [0.1, 0.15) is 38.3 Å². The Morgan fingerprint density at radius 3 is 2.60 bits per heavy atom. The predicted molar refractivity (Wildman–Crippen MR) is 89.4 cm³/mol. The van der Waals surface area contributed by atoms with E-state index in [0.717, 1.165) is 0 Å². The van der Waals surface area contributed by atoms with Crippen molar-refractivity contribution in [2.45, 2.75) is 24.7 Å². The fourth-order valence-corrected chi connectivity index (χ4v) is 4.03. The minimum atomic E-state index is -4.17. The van der Waals surface area contributed by atoms with Crippen LogP contribution < -0.4 is 4.18 Å². The summed E-state index contributed by atoms with van der Waals surface area (Å²) in [5.41, 5.74) is 1.64. The molecule has 0 aliphatic heterocycles. The predicted octanol–water partition coefficient (Wildman–Crippen LogP) is 2.68. The lowest BCUT2D eigenvalue weighted by atomic mass is 10.1. The van der Waals surface area contributed by atoms with E-state index in [1.165, 1.54) is 31.4 Å². The number of ether oxygens (including phenoxy) is 1. The van der Waals surface area contributed by atoms with E-state index in [2.05, 4.69) is 4.74 Å². The Kier molecular flexibility index (Phi) is 4.34. The molecule has 130 valence electrons. The summed E-state index contributed by atoms with van der Waals surface area (Å²) < 4.78 is 35.3. The largest absolute Gasteiger partial charge is 0.465 e. The molecule has 0 fully saturated rings. The van der Waals surface area contributed by atoms with Crippen LogP contribution in [-0.2, 0) is 21.3 Å². The Morgan fingerprint density at radius 2 is 1.88 bits per heavy atom. The van der Waals surface area contributed by atoms with Crippen LogP contribution in [0.15, 0.2) is 41.3 Å². The molecule has 2 aromatic rings. The zero-order valence-corrected chi connectivity index (χ0v) is 14.6. The van der Waals surface area contributed by atoms with Gasteiger partial charge in [0, 0.05) is 17.5 Å². The second-order valence-corrected chi connectivity index (χ2v) is 7.23. The number of carbonyl (C=O) groups is 2. The molecule has 0 aromatic heterocycles. The van der Waals surface area contributed by atoms with Crippen molar-refractivity contribution < 1.29 is 26.9 Å². The molecule has 0 amide bonds. The number of ketones is 1. The molecule has 2 aromatic carbocycles. The molecule has 6 nitrogen and oxygen atoms in total. The number of methoxy groups -OCH3 is 1. The lowest BCUT2D eigenvalue weighted by molar-refractivity contribution is 0.0600. The molecule has 0 radical (unpaired) electrons. The van der Waals surface area contributed by atoms with Crippen LogP contribution in [0, 0.1) is 6.92 Å². The van der Waals surface area contributed by atoms with Gasteiger partial charge in [0.25, 0.3) is 0 Å². The van der Waals surface area contributed by atoms with Crippen LogP contribution in [0.25, 0.3) is 0 Å². The summed E-state index contributed by atoms with van der Waals surface area (Å²) in [5.74, 6) is -0.518. The first-order valence-corrected chi connectivity index (χ1v) is 9.03. The minimum Gasteiger partial charge on any atom is -0.465 e. The summed E-state index contributed by atoms with van der Waals surface area (Å²) in [4.78, 5) is 23.3. The average Bonchev–Trinajstić information content (AvgIpc) is 2.96. The van der Waals surface area contributed by atoms with E-state index in [1.54, 1.807) is 19.1 Å². The van der Waals surface area contributed by atoms with Gasteiger partial charge in [0.05, 0.1) is 12.7 Å². The molecule has 1 aliphatic rings. The minimum absolute atomic E-state index is 0.0262. The van der Waals surface area contributed by atoms with Gasteiger partial charge in [-0.2, -0.15) is 8.42 Å². The number of carbonyl (C=O) groups excluding carboxylic acids is 2. The van der Waals surface area contributed by atoms with E-state index in [1.807, 2.05) is 0 Å². The third-order valence-electron chi connectivity index (χ3n) is 4.11. The smallest absolute Gasteiger partial charge is 0.339 e. The van der Waals surface area contributed by atoms with Crippen LogP contribution in [0.2, 0.25) is 0 Å². The number of rotatable bonds is 4. The van der Waals surface area contributed by atoms with Crippen molar-refractivity contribution in [3.8, 4) is 5.75 Å². The van der Waals surface area contributed by atoms with Gasteiger partial charge >= 0.3 is 16.1 Å². The van der Waals surface area contributed by atoms with Crippen molar-refractivity contribution in [3.05, 3.63) is 58.7 Å².